The Morgan fingerprint density at radius 3 is 2.36 bits per heavy atom. The SMILES string of the molecule is Cc1ccc(/C=C/NC(=O)N2CCN(C(=O)c3ccco3)CC2)cc1. The van der Waals surface area contributed by atoms with Crippen LogP contribution in [0.3, 0.4) is 0 Å². The molecule has 1 aromatic carbocycles. The van der Waals surface area contributed by atoms with Gasteiger partial charge in [-0.2, -0.15) is 0 Å². The molecule has 2 heterocycles. The van der Waals surface area contributed by atoms with Crippen LogP contribution in [0.4, 0.5) is 4.79 Å². The van der Waals surface area contributed by atoms with E-state index in [1.165, 1.54) is 11.8 Å². The lowest BCUT2D eigenvalue weighted by molar-refractivity contribution is 0.0636. The summed E-state index contributed by atoms with van der Waals surface area (Å²) in [6.07, 6.45) is 4.98. The highest BCUT2D eigenvalue weighted by atomic mass is 16.3. The quantitative estimate of drug-likeness (QED) is 0.935. The first-order chi connectivity index (χ1) is 12.1. The fourth-order valence-electron chi connectivity index (χ4n) is 2.65. The van der Waals surface area contributed by atoms with E-state index in [4.69, 9.17) is 4.42 Å². The monoisotopic (exact) mass is 339 g/mol. The average Bonchev–Trinajstić information content (AvgIpc) is 3.17. The smallest absolute Gasteiger partial charge is 0.321 e. The van der Waals surface area contributed by atoms with Crippen molar-refractivity contribution in [1.29, 1.82) is 0 Å². The number of benzene rings is 1. The van der Waals surface area contributed by atoms with E-state index < -0.39 is 0 Å². The minimum absolute atomic E-state index is 0.135. The summed E-state index contributed by atoms with van der Waals surface area (Å²) in [6.45, 7) is 4.02. The third kappa shape index (κ3) is 4.29. The number of hydrogen-bond acceptors (Lipinski definition) is 3. The van der Waals surface area contributed by atoms with Gasteiger partial charge in [-0.15, -0.1) is 0 Å². The zero-order valence-corrected chi connectivity index (χ0v) is 14.1. The Labute approximate surface area is 146 Å². The Kier molecular flexibility index (Phi) is 5.18. The number of furan rings is 1. The molecule has 0 unspecified atom stereocenters. The predicted molar refractivity (Wildman–Crippen MR) is 94.9 cm³/mol. The van der Waals surface area contributed by atoms with Crippen molar-refractivity contribution in [2.24, 2.45) is 0 Å². The number of piperazine rings is 1. The molecule has 6 heteroatoms. The van der Waals surface area contributed by atoms with E-state index in [1.807, 2.05) is 37.3 Å². The number of urea groups is 1. The van der Waals surface area contributed by atoms with Crippen LogP contribution in [0.15, 0.2) is 53.3 Å². The summed E-state index contributed by atoms with van der Waals surface area (Å²) in [6, 6.07) is 11.2. The lowest BCUT2D eigenvalue weighted by Crippen LogP contribution is -2.52. The van der Waals surface area contributed by atoms with Gasteiger partial charge in [0.2, 0.25) is 0 Å². The molecule has 1 fully saturated rings. The van der Waals surface area contributed by atoms with Gasteiger partial charge in [-0.1, -0.05) is 29.8 Å². The number of nitrogens with zero attached hydrogens (tertiary/aromatic N) is 2. The van der Waals surface area contributed by atoms with Crippen molar-refractivity contribution >= 4 is 18.0 Å². The Morgan fingerprint density at radius 2 is 1.72 bits per heavy atom. The minimum Gasteiger partial charge on any atom is -0.459 e. The molecule has 1 aliphatic rings. The molecule has 0 atom stereocenters. The van der Waals surface area contributed by atoms with Crippen LogP contribution in [0.25, 0.3) is 6.08 Å². The Hall–Kier alpha value is -3.02. The molecule has 0 saturated carbocycles. The van der Waals surface area contributed by atoms with Crippen molar-refractivity contribution in [2.45, 2.75) is 6.92 Å². The van der Waals surface area contributed by atoms with E-state index in [-0.39, 0.29) is 11.9 Å². The van der Waals surface area contributed by atoms with E-state index in [0.29, 0.717) is 31.9 Å². The first-order valence-corrected chi connectivity index (χ1v) is 8.25. The van der Waals surface area contributed by atoms with Crippen LogP contribution in [0, 0.1) is 6.92 Å². The maximum Gasteiger partial charge on any atom is 0.321 e. The molecular formula is C19H21N3O3. The summed E-state index contributed by atoms with van der Waals surface area (Å²) in [4.78, 5) is 27.8. The molecule has 0 radical (unpaired) electrons. The van der Waals surface area contributed by atoms with Crippen molar-refractivity contribution < 1.29 is 14.0 Å². The van der Waals surface area contributed by atoms with Crippen LogP contribution in [0.5, 0.6) is 0 Å². The first kappa shape index (κ1) is 16.8. The number of amides is 3. The third-order valence-corrected chi connectivity index (χ3v) is 4.15. The van der Waals surface area contributed by atoms with Gasteiger partial charge in [-0.25, -0.2) is 4.79 Å². The Balaban J connectivity index is 1.46. The van der Waals surface area contributed by atoms with Crippen molar-refractivity contribution in [3.8, 4) is 0 Å². The van der Waals surface area contributed by atoms with Crippen LogP contribution in [0.2, 0.25) is 0 Å². The average molecular weight is 339 g/mol. The highest BCUT2D eigenvalue weighted by Crippen LogP contribution is 2.09. The van der Waals surface area contributed by atoms with Gasteiger partial charge in [0, 0.05) is 32.4 Å². The van der Waals surface area contributed by atoms with E-state index in [2.05, 4.69) is 5.32 Å². The summed E-state index contributed by atoms with van der Waals surface area (Å²) < 4.78 is 5.13. The van der Waals surface area contributed by atoms with E-state index in [0.717, 1.165) is 5.56 Å². The second-order valence-electron chi connectivity index (χ2n) is 5.95. The standard InChI is InChI=1S/C19H21N3O3/c1-15-4-6-16(7-5-15)8-9-20-19(24)22-12-10-21(11-13-22)18(23)17-3-2-14-25-17/h2-9,14H,10-13H2,1H3,(H,20,24)/b9-8+. The Morgan fingerprint density at radius 1 is 1.04 bits per heavy atom. The molecule has 0 spiro atoms. The largest absolute Gasteiger partial charge is 0.459 e. The van der Waals surface area contributed by atoms with Crippen molar-refractivity contribution in [3.63, 3.8) is 0 Å². The van der Waals surface area contributed by atoms with Gasteiger partial charge in [0.25, 0.3) is 5.91 Å². The zero-order valence-electron chi connectivity index (χ0n) is 14.1. The molecule has 1 N–H and O–H groups in total. The van der Waals surface area contributed by atoms with E-state index in [1.54, 1.807) is 28.1 Å². The summed E-state index contributed by atoms with van der Waals surface area (Å²) in [7, 11) is 0. The molecule has 3 rings (SSSR count). The molecule has 0 bridgehead atoms. The predicted octanol–water partition coefficient (Wildman–Crippen LogP) is 2.73. The molecule has 6 nitrogen and oxygen atoms in total. The molecule has 25 heavy (non-hydrogen) atoms. The number of hydrogen-bond donors (Lipinski definition) is 1. The van der Waals surface area contributed by atoms with E-state index in [9.17, 15) is 9.59 Å². The summed E-state index contributed by atoms with van der Waals surface area (Å²) >= 11 is 0. The van der Waals surface area contributed by atoms with Gasteiger partial charge >= 0.3 is 6.03 Å². The van der Waals surface area contributed by atoms with Crippen molar-refractivity contribution in [2.75, 3.05) is 26.2 Å². The van der Waals surface area contributed by atoms with Gasteiger partial charge in [0.05, 0.1) is 6.26 Å². The number of carbonyl (C=O) groups is 2. The minimum atomic E-state index is -0.159. The summed E-state index contributed by atoms with van der Waals surface area (Å²) in [5.74, 6) is 0.197. The van der Waals surface area contributed by atoms with E-state index >= 15 is 0 Å². The molecule has 3 amide bonds. The highest BCUT2D eigenvalue weighted by Gasteiger charge is 2.25. The van der Waals surface area contributed by atoms with Gasteiger partial charge in [0.15, 0.2) is 5.76 Å². The molecule has 2 aromatic rings. The fraction of sp³-hybridized carbons (Fsp3) is 0.263. The van der Waals surface area contributed by atoms with Gasteiger partial charge in [-0.3, -0.25) is 4.79 Å². The molecule has 130 valence electrons. The lowest BCUT2D eigenvalue weighted by atomic mass is 10.1. The van der Waals surface area contributed by atoms with Gasteiger partial charge in [0.1, 0.15) is 0 Å². The highest BCUT2D eigenvalue weighted by molar-refractivity contribution is 5.91. The van der Waals surface area contributed by atoms with Gasteiger partial charge in [-0.05, 0) is 30.7 Å². The lowest BCUT2D eigenvalue weighted by Gasteiger charge is -2.34. The Bertz CT molecular complexity index is 743. The number of nitrogens with one attached hydrogen (secondary N) is 1. The number of rotatable bonds is 3. The van der Waals surface area contributed by atoms with Crippen molar-refractivity contribution in [3.05, 3.63) is 65.7 Å². The van der Waals surface area contributed by atoms with Gasteiger partial charge < -0.3 is 19.5 Å². The molecule has 1 saturated heterocycles. The fourth-order valence-corrected chi connectivity index (χ4v) is 2.65. The van der Waals surface area contributed by atoms with Crippen LogP contribution in [-0.2, 0) is 0 Å². The molecule has 1 aliphatic heterocycles. The maximum atomic E-state index is 12.2. The topological polar surface area (TPSA) is 65.8 Å². The second-order valence-corrected chi connectivity index (χ2v) is 5.95. The molecule has 1 aromatic heterocycles. The van der Waals surface area contributed by atoms with Crippen LogP contribution in [0.1, 0.15) is 21.7 Å². The maximum absolute atomic E-state index is 12.2. The molecule has 0 aliphatic carbocycles. The molecular weight excluding hydrogens is 318 g/mol. The normalized spacial score (nSPS) is 14.8. The first-order valence-electron chi connectivity index (χ1n) is 8.25. The second kappa shape index (κ2) is 7.70. The number of aryl methyl sites for hydroxylation is 1. The third-order valence-electron chi connectivity index (χ3n) is 4.15. The zero-order chi connectivity index (χ0) is 17.6. The van der Waals surface area contributed by atoms with Crippen LogP contribution >= 0.6 is 0 Å². The summed E-state index contributed by atoms with van der Waals surface area (Å²) in [5.41, 5.74) is 2.22. The van der Waals surface area contributed by atoms with Crippen LogP contribution < -0.4 is 5.32 Å². The van der Waals surface area contributed by atoms with Crippen LogP contribution in [-0.4, -0.2) is 47.9 Å². The number of carbonyl (C=O) groups excluding carboxylic acids is 2. The van der Waals surface area contributed by atoms with Crippen molar-refractivity contribution in [1.82, 2.24) is 15.1 Å². The summed E-state index contributed by atoms with van der Waals surface area (Å²) in [5, 5.41) is 2.77.